The molecule has 0 unspecified atom stereocenters. The van der Waals surface area contributed by atoms with E-state index in [-0.39, 0.29) is 0 Å². The maximum atomic E-state index is 3.64. The molecule has 0 saturated heterocycles. The number of nitrogens with zero attached hydrogens (tertiary/aromatic N) is 1. The lowest BCUT2D eigenvalue weighted by atomic mass is 10.1. The van der Waals surface area contributed by atoms with Crippen LogP contribution >= 0.6 is 0 Å². The molecule has 16 heavy (non-hydrogen) atoms. The van der Waals surface area contributed by atoms with E-state index < -0.39 is 0 Å². The smallest absolute Gasteiger partial charge is 0.0107 e. The predicted molar refractivity (Wildman–Crippen MR) is 69.7 cm³/mol. The number of rotatable bonds is 8. The second-order valence-corrected chi connectivity index (χ2v) is 5.69. The Balaban J connectivity index is 1.48. The van der Waals surface area contributed by atoms with Crippen LogP contribution in [-0.4, -0.2) is 37.6 Å². The Morgan fingerprint density at radius 1 is 1.06 bits per heavy atom. The molecule has 2 aliphatic rings. The highest BCUT2D eigenvalue weighted by Crippen LogP contribution is 2.29. The van der Waals surface area contributed by atoms with E-state index in [1.165, 1.54) is 71.2 Å². The molecule has 0 aromatic rings. The summed E-state index contributed by atoms with van der Waals surface area (Å²) >= 11 is 0. The van der Waals surface area contributed by atoms with Gasteiger partial charge in [-0.15, -0.1) is 0 Å². The standard InChI is InChI=1S/C14H28N2/c1-2-16(12-14-7-8-14)10-9-15-11-13-5-3-4-6-13/h13-15H,2-12H2,1H3. The zero-order valence-corrected chi connectivity index (χ0v) is 10.9. The van der Waals surface area contributed by atoms with Gasteiger partial charge in [-0.3, -0.25) is 0 Å². The number of hydrogen-bond acceptors (Lipinski definition) is 2. The van der Waals surface area contributed by atoms with Crippen LogP contribution in [0.5, 0.6) is 0 Å². The van der Waals surface area contributed by atoms with Crippen LogP contribution < -0.4 is 5.32 Å². The van der Waals surface area contributed by atoms with Crippen molar-refractivity contribution in [2.24, 2.45) is 11.8 Å². The van der Waals surface area contributed by atoms with Gasteiger partial charge in [-0.1, -0.05) is 19.8 Å². The molecule has 0 aliphatic heterocycles. The van der Waals surface area contributed by atoms with E-state index in [1.807, 2.05) is 0 Å². The quantitative estimate of drug-likeness (QED) is 0.637. The van der Waals surface area contributed by atoms with Crippen LogP contribution in [0.4, 0.5) is 0 Å². The van der Waals surface area contributed by atoms with E-state index in [9.17, 15) is 0 Å². The summed E-state index contributed by atoms with van der Waals surface area (Å²) < 4.78 is 0. The lowest BCUT2D eigenvalue weighted by Gasteiger charge is -2.20. The van der Waals surface area contributed by atoms with Gasteiger partial charge in [0, 0.05) is 19.6 Å². The van der Waals surface area contributed by atoms with Crippen molar-refractivity contribution in [3.05, 3.63) is 0 Å². The Bertz CT molecular complexity index is 183. The summed E-state index contributed by atoms with van der Waals surface area (Å²) in [6.07, 6.45) is 8.82. The Morgan fingerprint density at radius 3 is 2.44 bits per heavy atom. The summed E-state index contributed by atoms with van der Waals surface area (Å²) in [5.74, 6) is 2.02. The molecule has 2 fully saturated rings. The molecule has 2 aliphatic carbocycles. The minimum atomic E-state index is 0.985. The van der Waals surface area contributed by atoms with Gasteiger partial charge in [0.1, 0.15) is 0 Å². The monoisotopic (exact) mass is 224 g/mol. The van der Waals surface area contributed by atoms with Gasteiger partial charge in [0.05, 0.1) is 0 Å². The van der Waals surface area contributed by atoms with Gasteiger partial charge in [-0.2, -0.15) is 0 Å². The third kappa shape index (κ3) is 4.42. The lowest BCUT2D eigenvalue weighted by molar-refractivity contribution is 0.273. The normalized spacial score (nSPS) is 22.1. The topological polar surface area (TPSA) is 15.3 Å². The fraction of sp³-hybridized carbons (Fsp3) is 1.00. The molecule has 2 saturated carbocycles. The van der Waals surface area contributed by atoms with Gasteiger partial charge in [-0.05, 0) is 50.6 Å². The minimum Gasteiger partial charge on any atom is -0.315 e. The second kappa shape index (κ2) is 6.61. The SMILES string of the molecule is CCN(CCNCC1CCCC1)CC1CC1. The maximum Gasteiger partial charge on any atom is 0.0107 e. The third-order valence-electron chi connectivity index (χ3n) is 4.17. The fourth-order valence-corrected chi connectivity index (χ4v) is 2.80. The number of likely N-dealkylation sites (N-methyl/N-ethyl adjacent to an activating group) is 1. The molecule has 0 radical (unpaired) electrons. The summed E-state index contributed by atoms with van der Waals surface area (Å²) in [5, 5.41) is 3.64. The first-order valence-corrected chi connectivity index (χ1v) is 7.31. The first-order chi connectivity index (χ1) is 7.88. The van der Waals surface area contributed by atoms with E-state index >= 15 is 0 Å². The van der Waals surface area contributed by atoms with E-state index in [1.54, 1.807) is 0 Å². The second-order valence-electron chi connectivity index (χ2n) is 5.69. The summed E-state index contributed by atoms with van der Waals surface area (Å²) in [7, 11) is 0. The molecular formula is C14H28N2. The van der Waals surface area contributed by atoms with Crippen molar-refractivity contribution in [2.75, 3.05) is 32.7 Å². The summed E-state index contributed by atoms with van der Waals surface area (Å²) in [6.45, 7) is 8.57. The van der Waals surface area contributed by atoms with Crippen LogP contribution in [0.25, 0.3) is 0 Å². The third-order valence-corrected chi connectivity index (χ3v) is 4.17. The Hall–Kier alpha value is -0.0800. The molecule has 0 amide bonds. The highest BCUT2D eigenvalue weighted by atomic mass is 15.1. The zero-order valence-electron chi connectivity index (χ0n) is 10.9. The molecule has 0 aromatic heterocycles. The van der Waals surface area contributed by atoms with Gasteiger partial charge in [0.2, 0.25) is 0 Å². The molecule has 94 valence electrons. The molecule has 2 heteroatoms. The van der Waals surface area contributed by atoms with Crippen LogP contribution in [0.3, 0.4) is 0 Å². The van der Waals surface area contributed by atoms with E-state index in [0.29, 0.717) is 0 Å². The maximum absolute atomic E-state index is 3.64. The largest absolute Gasteiger partial charge is 0.315 e. The van der Waals surface area contributed by atoms with Gasteiger partial charge in [-0.25, -0.2) is 0 Å². The molecule has 0 spiro atoms. The van der Waals surface area contributed by atoms with Crippen LogP contribution in [0.2, 0.25) is 0 Å². The van der Waals surface area contributed by atoms with E-state index in [0.717, 1.165) is 11.8 Å². The molecule has 0 atom stereocenters. The van der Waals surface area contributed by atoms with Crippen molar-refractivity contribution < 1.29 is 0 Å². The molecule has 0 heterocycles. The van der Waals surface area contributed by atoms with Crippen molar-refractivity contribution in [2.45, 2.75) is 45.4 Å². The highest BCUT2D eigenvalue weighted by Gasteiger charge is 2.23. The number of nitrogens with one attached hydrogen (secondary N) is 1. The van der Waals surface area contributed by atoms with Crippen LogP contribution in [0.1, 0.15) is 45.4 Å². The zero-order chi connectivity index (χ0) is 11.2. The lowest BCUT2D eigenvalue weighted by Crippen LogP contribution is -2.34. The Morgan fingerprint density at radius 2 is 1.81 bits per heavy atom. The molecular weight excluding hydrogens is 196 g/mol. The first kappa shape index (κ1) is 12.4. The average Bonchev–Trinajstić information content (AvgIpc) is 2.96. The molecule has 2 rings (SSSR count). The average molecular weight is 224 g/mol. The fourth-order valence-electron chi connectivity index (χ4n) is 2.80. The van der Waals surface area contributed by atoms with Crippen molar-refractivity contribution in [3.63, 3.8) is 0 Å². The molecule has 0 aromatic carbocycles. The van der Waals surface area contributed by atoms with Gasteiger partial charge < -0.3 is 10.2 Å². The predicted octanol–water partition coefficient (Wildman–Crippen LogP) is 2.50. The van der Waals surface area contributed by atoms with E-state index in [2.05, 4.69) is 17.1 Å². The highest BCUT2D eigenvalue weighted by molar-refractivity contribution is 4.77. The van der Waals surface area contributed by atoms with Crippen LogP contribution in [-0.2, 0) is 0 Å². The van der Waals surface area contributed by atoms with Gasteiger partial charge in [0.15, 0.2) is 0 Å². The minimum absolute atomic E-state index is 0.985. The summed E-state index contributed by atoms with van der Waals surface area (Å²) in [5.41, 5.74) is 0. The van der Waals surface area contributed by atoms with Crippen LogP contribution in [0.15, 0.2) is 0 Å². The molecule has 2 nitrogen and oxygen atoms in total. The van der Waals surface area contributed by atoms with Crippen molar-refractivity contribution in [3.8, 4) is 0 Å². The Labute approximate surface area is 101 Å². The van der Waals surface area contributed by atoms with Crippen molar-refractivity contribution in [1.29, 1.82) is 0 Å². The summed E-state index contributed by atoms with van der Waals surface area (Å²) in [6, 6.07) is 0. The van der Waals surface area contributed by atoms with E-state index in [4.69, 9.17) is 0 Å². The van der Waals surface area contributed by atoms with Crippen LogP contribution in [0, 0.1) is 11.8 Å². The van der Waals surface area contributed by atoms with Crippen molar-refractivity contribution in [1.82, 2.24) is 10.2 Å². The van der Waals surface area contributed by atoms with Crippen molar-refractivity contribution >= 4 is 0 Å². The molecule has 1 N–H and O–H groups in total. The van der Waals surface area contributed by atoms with Gasteiger partial charge in [0.25, 0.3) is 0 Å². The Kier molecular flexibility index (Phi) is 5.11. The summed E-state index contributed by atoms with van der Waals surface area (Å²) in [4.78, 5) is 2.61. The first-order valence-electron chi connectivity index (χ1n) is 7.31. The number of hydrogen-bond donors (Lipinski definition) is 1. The van der Waals surface area contributed by atoms with Gasteiger partial charge >= 0.3 is 0 Å². The molecule has 0 bridgehead atoms.